The van der Waals surface area contributed by atoms with Gasteiger partial charge in [0.15, 0.2) is 5.82 Å². The maximum absolute atomic E-state index is 5.97. The topological polar surface area (TPSA) is 59.5 Å². The van der Waals surface area contributed by atoms with Gasteiger partial charge in [0, 0.05) is 36.4 Å². The summed E-state index contributed by atoms with van der Waals surface area (Å²) >= 11 is 0. The third kappa shape index (κ3) is 5.27. The van der Waals surface area contributed by atoms with Gasteiger partial charge in [-0.1, -0.05) is 60.7 Å². The molecule has 6 nitrogen and oxygen atoms in total. The van der Waals surface area contributed by atoms with Crippen LogP contribution in [0.5, 0.6) is 11.5 Å². The second-order valence-corrected chi connectivity index (χ2v) is 9.84. The predicted molar refractivity (Wildman–Crippen MR) is 153 cm³/mol. The summed E-state index contributed by atoms with van der Waals surface area (Å²) in [6.07, 6.45) is 2.10. The molecule has 0 bridgehead atoms. The lowest BCUT2D eigenvalue weighted by atomic mass is 10.0. The van der Waals surface area contributed by atoms with Gasteiger partial charge in [-0.05, 0) is 59.5 Å². The molecule has 0 radical (unpaired) electrons. The van der Waals surface area contributed by atoms with Gasteiger partial charge < -0.3 is 14.8 Å². The zero-order valence-electron chi connectivity index (χ0n) is 21.6. The molecule has 2 heterocycles. The average Bonchev–Trinajstić information content (AvgIpc) is 2.98. The maximum atomic E-state index is 5.97. The van der Waals surface area contributed by atoms with E-state index in [1.807, 2.05) is 48.5 Å². The van der Waals surface area contributed by atoms with Gasteiger partial charge in [0.25, 0.3) is 0 Å². The first-order valence-electron chi connectivity index (χ1n) is 13.2. The molecule has 6 heteroatoms. The van der Waals surface area contributed by atoms with Crippen LogP contribution in [0.3, 0.4) is 0 Å². The number of nitrogens with one attached hydrogen (secondary N) is 1. The number of aromatic nitrogens is 2. The number of benzene rings is 4. The van der Waals surface area contributed by atoms with Crippen LogP contribution in [0.15, 0.2) is 91.0 Å². The number of hydrogen-bond donors (Lipinski definition) is 1. The molecule has 1 N–H and O–H groups in total. The number of ether oxygens (including phenoxy) is 2. The van der Waals surface area contributed by atoms with Crippen molar-refractivity contribution in [3.05, 3.63) is 102 Å². The summed E-state index contributed by atoms with van der Waals surface area (Å²) in [5.74, 6) is 2.41. The number of fused-ring (bicyclic) bond motifs is 2. The number of rotatable bonds is 8. The first-order valence-corrected chi connectivity index (χ1v) is 13.2. The summed E-state index contributed by atoms with van der Waals surface area (Å²) in [6, 6.07) is 31.4. The van der Waals surface area contributed by atoms with Crippen molar-refractivity contribution in [2.45, 2.75) is 32.0 Å². The van der Waals surface area contributed by atoms with Crippen LogP contribution in [0, 0.1) is 0 Å². The van der Waals surface area contributed by atoms with E-state index in [2.05, 4.69) is 62.9 Å². The van der Waals surface area contributed by atoms with Crippen LogP contribution in [-0.2, 0) is 13.2 Å². The van der Waals surface area contributed by atoms with Crippen LogP contribution in [0.4, 0.5) is 5.82 Å². The highest BCUT2D eigenvalue weighted by Gasteiger charge is 2.21. The normalized spacial score (nSPS) is 14.6. The highest BCUT2D eigenvalue weighted by molar-refractivity contribution is 5.94. The monoisotopic (exact) mass is 504 g/mol. The molecule has 5 aromatic rings. The van der Waals surface area contributed by atoms with Gasteiger partial charge in [-0.15, -0.1) is 10.2 Å². The van der Waals surface area contributed by atoms with E-state index in [-0.39, 0.29) is 0 Å². The molecule has 1 aliphatic rings. The number of hydrogen-bond acceptors (Lipinski definition) is 6. The minimum atomic E-state index is 0.342. The Balaban J connectivity index is 1.15. The largest absolute Gasteiger partial charge is 0.497 e. The third-order valence-corrected chi connectivity index (χ3v) is 7.38. The molecule has 0 atom stereocenters. The zero-order chi connectivity index (χ0) is 25.7. The molecule has 0 aliphatic carbocycles. The Morgan fingerprint density at radius 1 is 0.789 bits per heavy atom. The molecular formula is C32H32N4O2. The average molecular weight is 505 g/mol. The molecule has 1 fully saturated rings. The fourth-order valence-electron chi connectivity index (χ4n) is 5.30. The van der Waals surface area contributed by atoms with Crippen molar-refractivity contribution in [3.8, 4) is 11.5 Å². The first kappa shape index (κ1) is 24.2. The molecular weight excluding hydrogens is 472 g/mol. The van der Waals surface area contributed by atoms with Crippen LogP contribution >= 0.6 is 0 Å². The van der Waals surface area contributed by atoms with E-state index in [1.165, 1.54) is 16.3 Å². The van der Waals surface area contributed by atoms with Crippen molar-refractivity contribution in [2.75, 3.05) is 25.5 Å². The number of likely N-dealkylation sites (tertiary alicyclic amines) is 1. The Morgan fingerprint density at radius 2 is 1.58 bits per heavy atom. The lowest BCUT2D eigenvalue weighted by molar-refractivity contribution is 0.212. The number of anilines is 1. The van der Waals surface area contributed by atoms with E-state index in [0.29, 0.717) is 12.6 Å². The zero-order valence-corrected chi connectivity index (χ0v) is 21.6. The van der Waals surface area contributed by atoms with E-state index >= 15 is 0 Å². The highest BCUT2D eigenvalue weighted by atomic mass is 16.5. The molecule has 4 aromatic carbocycles. The summed E-state index contributed by atoms with van der Waals surface area (Å²) in [4.78, 5) is 2.55. The lowest BCUT2D eigenvalue weighted by Gasteiger charge is -2.33. The molecule has 192 valence electrons. The minimum absolute atomic E-state index is 0.342. The van der Waals surface area contributed by atoms with Crippen molar-refractivity contribution in [1.82, 2.24) is 15.1 Å². The summed E-state index contributed by atoms with van der Waals surface area (Å²) in [7, 11) is 1.69. The summed E-state index contributed by atoms with van der Waals surface area (Å²) in [5, 5.41) is 17.5. The lowest BCUT2D eigenvalue weighted by Crippen LogP contribution is -2.38. The van der Waals surface area contributed by atoms with E-state index in [9.17, 15) is 0 Å². The maximum Gasteiger partial charge on any atom is 0.156 e. The van der Waals surface area contributed by atoms with Gasteiger partial charge in [-0.3, -0.25) is 4.90 Å². The Kier molecular flexibility index (Phi) is 7.05. The van der Waals surface area contributed by atoms with Crippen molar-refractivity contribution in [3.63, 3.8) is 0 Å². The molecule has 1 aliphatic heterocycles. The van der Waals surface area contributed by atoms with Crippen LogP contribution < -0.4 is 14.8 Å². The molecule has 0 unspecified atom stereocenters. The van der Waals surface area contributed by atoms with Crippen molar-refractivity contribution in [1.29, 1.82) is 0 Å². The van der Waals surface area contributed by atoms with Gasteiger partial charge >= 0.3 is 0 Å². The van der Waals surface area contributed by atoms with Gasteiger partial charge in [-0.25, -0.2) is 0 Å². The van der Waals surface area contributed by atoms with Crippen molar-refractivity contribution < 1.29 is 9.47 Å². The van der Waals surface area contributed by atoms with Gasteiger partial charge in [0.1, 0.15) is 23.8 Å². The van der Waals surface area contributed by atoms with E-state index in [4.69, 9.17) is 9.47 Å². The smallest absolute Gasteiger partial charge is 0.156 e. The van der Waals surface area contributed by atoms with Crippen molar-refractivity contribution >= 4 is 27.4 Å². The number of piperidine rings is 1. The number of nitrogens with zero attached hydrogens (tertiary/aromatic N) is 3. The summed E-state index contributed by atoms with van der Waals surface area (Å²) in [6.45, 7) is 3.41. The predicted octanol–water partition coefficient (Wildman–Crippen LogP) is 6.45. The SMILES string of the molecule is COc1ccc2c(COc3ccccc3)nnc(NC3CCN(Cc4cccc5ccccc45)CC3)c2c1. The van der Waals surface area contributed by atoms with E-state index in [1.54, 1.807) is 7.11 Å². The van der Waals surface area contributed by atoms with Gasteiger partial charge in [0.2, 0.25) is 0 Å². The fraction of sp³-hybridized carbons (Fsp3) is 0.250. The second-order valence-electron chi connectivity index (χ2n) is 9.84. The standard InChI is InChI=1S/C32H32N4O2/c1-37-27-14-15-29-30(20-27)32(35-34-31(29)22-38-26-11-3-2-4-12-26)33-25-16-18-36(19-17-25)21-24-10-7-9-23-8-5-6-13-28(23)24/h2-15,20,25H,16-19,21-22H2,1H3,(H,33,35). The Bertz CT molecular complexity index is 1530. The van der Waals surface area contributed by atoms with Crippen LogP contribution in [0.25, 0.3) is 21.5 Å². The Hall–Kier alpha value is -4.16. The molecule has 0 saturated carbocycles. The van der Waals surface area contributed by atoms with E-state index in [0.717, 1.165) is 66.3 Å². The van der Waals surface area contributed by atoms with E-state index < -0.39 is 0 Å². The molecule has 6 rings (SSSR count). The minimum Gasteiger partial charge on any atom is -0.497 e. The third-order valence-electron chi connectivity index (χ3n) is 7.38. The Morgan fingerprint density at radius 3 is 2.42 bits per heavy atom. The Labute approximate surface area is 223 Å². The second kappa shape index (κ2) is 11.1. The van der Waals surface area contributed by atoms with Crippen LogP contribution in [0.2, 0.25) is 0 Å². The number of para-hydroxylation sites is 1. The molecule has 1 aromatic heterocycles. The van der Waals surface area contributed by atoms with Crippen LogP contribution in [-0.4, -0.2) is 41.3 Å². The molecule has 0 amide bonds. The number of methoxy groups -OCH3 is 1. The molecule has 1 saturated heterocycles. The van der Waals surface area contributed by atoms with Crippen LogP contribution in [0.1, 0.15) is 24.1 Å². The van der Waals surface area contributed by atoms with Gasteiger partial charge in [-0.2, -0.15) is 0 Å². The fourth-order valence-corrected chi connectivity index (χ4v) is 5.30. The first-order chi connectivity index (χ1) is 18.8. The highest BCUT2D eigenvalue weighted by Crippen LogP contribution is 2.30. The molecule has 0 spiro atoms. The quantitative estimate of drug-likeness (QED) is 0.262. The van der Waals surface area contributed by atoms with Crippen molar-refractivity contribution in [2.24, 2.45) is 0 Å². The molecule has 38 heavy (non-hydrogen) atoms. The summed E-state index contributed by atoms with van der Waals surface area (Å²) < 4.78 is 11.5. The summed E-state index contributed by atoms with van der Waals surface area (Å²) in [5.41, 5.74) is 2.20. The van der Waals surface area contributed by atoms with Gasteiger partial charge in [0.05, 0.1) is 7.11 Å².